The van der Waals surface area contributed by atoms with Crippen LogP contribution in [0.5, 0.6) is 0 Å². The number of ether oxygens (including phenoxy) is 1. The lowest BCUT2D eigenvalue weighted by molar-refractivity contribution is -0.150. The Labute approximate surface area is 119 Å². The molecule has 1 aromatic rings. The van der Waals surface area contributed by atoms with Crippen molar-refractivity contribution in [2.24, 2.45) is 0 Å². The van der Waals surface area contributed by atoms with Gasteiger partial charge in [0, 0.05) is 12.1 Å². The highest BCUT2D eigenvalue weighted by atomic mass is 16.5. The lowest BCUT2D eigenvalue weighted by Crippen LogP contribution is -2.48. The first-order chi connectivity index (χ1) is 9.65. The van der Waals surface area contributed by atoms with E-state index in [1.165, 1.54) is 4.90 Å². The van der Waals surface area contributed by atoms with Gasteiger partial charge < -0.3 is 14.7 Å². The van der Waals surface area contributed by atoms with E-state index < -0.39 is 18.6 Å². The molecule has 0 bridgehead atoms. The number of benzene rings is 1. The molecule has 1 unspecified atom stereocenters. The summed E-state index contributed by atoms with van der Waals surface area (Å²) in [4.78, 5) is 25.7. The molecule has 20 heavy (non-hydrogen) atoms. The zero-order chi connectivity index (χ0) is 15.0. The molecule has 0 aliphatic carbocycles. The molecule has 0 spiro atoms. The first kappa shape index (κ1) is 16.2. The van der Waals surface area contributed by atoms with Gasteiger partial charge in [0.2, 0.25) is 0 Å². The topological polar surface area (TPSA) is 66.8 Å². The summed E-state index contributed by atoms with van der Waals surface area (Å²) in [5.41, 5.74) is 0.490. The molecule has 1 rings (SSSR count). The van der Waals surface area contributed by atoms with Gasteiger partial charge in [0.1, 0.15) is 0 Å². The summed E-state index contributed by atoms with van der Waals surface area (Å²) >= 11 is 0. The van der Waals surface area contributed by atoms with E-state index in [0.29, 0.717) is 18.5 Å². The first-order valence-electron chi connectivity index (χ1n) is 6.79. The third-order valence-corrected chi connectivity index (χ3v) is 2.85. The number of rotatable bonds is 7. The Bertz CT molecular complexity index is 433. The summed E-state index contributed by atoms with van der Waals surface area (Å²) in [6.45, 7) is 3.75. The predicted octanol–water partition coefficient (Wildman–Crippen LogP) is 1.46. The molecule has 110 valence electrons. The SMILES string of the molecule is CCCN(C(=O)c1ccccc1)C(CO)C(=O)OCC. The number of esters is 1. The van der Waals surface area contributed by atoms with Crippen molar-refractivity contribution in [1.29, 1.82) is 0 Å². The second-order valence-corrected chi connectivity index (χ2v) is 4.31. The van der Waals surface area contributed by atoms with Crippen LogP contribution in [0, 0.1) is 0 Å². The molecule has 0 heterocycles. The molecule has 0 saturated carbocycles. The van der Waals surface area contributed by atoms with Crippen molar-refractivity contribution in [2.75, 3.05) is 19.8 Å². The zero-order valence-electron chi connectivity index (χ0n) is 11.9. The standard InChI is InChI=1S/C15H21NO4/c1-3-10-16(13(11-17)15(19)20-4-2)14(18)12-8-6-5-7-9-12/h5-9,13,17H,3-4,10-11H2,1-2H3. The fourth-order valence-corrected chi connectivity index (χ4v) is 1.93. The van der Waals surface area contributed by atoms with Crippen LogP contribution >= 0.6 is 0 Å². The Balaban J connectivity index is 2.96. The molecule has 1 atom stereocenters. The van der Waals surface area contributed by atoms with Gasteiger partial charge in [-0.25, -0.2) is 4.79 Å². The quantitative estimate of drug-likeness (QED) is 0.767. The molecule has 0 aliphatic rings. The molecule has 5 heteroatoms. The summed E-state index contributed by atoms with van der Waals surface area (Å²) in [6, 6.07) is 7.75. The molecule has 0 aromatic heterocycles. The van der Waals surface area contributed by atoms with Crippen molar-refractivity contribution in [2.45, 2.75) is 26.3 Å². The van der Waals surface area contributed by atoms with Gasteiger partial charge >= 0.3 is 5.97 Å². The maximum Gasteiger partial charge on any atom is 0.331 e. The van der Waals surface area contributed by atoms with Gasteiger partial charge in [-0.15, -0.1) is 0 Å². The van der Waals surface area contributed by atoms with E-state index in [9.17, 15) is 14.7 Å². The lowest BCUT2D eigenvalue weighted by Gasteiger charge is -2.28. The van der Waals surface area contributed by atoms with E-state index >= 15 is 0 Å². The van der Waals surface area contributed by atoms with E-state index in [2.05, 4.69) is 0 Å². The van der Waals surface area contributed by atoms with Crippen molar-refractivity contribution in [1.82, 2.24) is 4.90 Å². The van der Waals surface area contributed by atoms with Crippen molar-refractivity contribution < 1.29 is 19.4 Å². The number of carbonyl (C=O) groups is 2. The van der Waals surface area contributed by atoms with Gasteiger partial charge in [-0.05, 0) is 25.5 Å². The molecule has 1 N–H and O–H groups in total. The highest BCUT2D eigenvalue weighted by Crippen LogP contribution is 2.11. The largest absolute Gasteiger partial charge is 0.464 e. The van der Waals surface area contributed by atoms with E-state index in [-0.39, 0.29) is 12.5 Å². The summed E-state index contributed by atoms with van der Waals surface area (Å²) in [5, 5.41) is 9.42. The highest BCUT2D eigenvalue weighted by molar-refractivity contribution is 5.96. The van der Waals surface area contributed by atoms with Crippen LogP contribution < -0.4 is 0 Å². The van der Waals surface area contributed by atoms with Crippen LogP contribution in [0.3, 0.4) is 0 Å². The van der Waals surface area contributed by atoms with Gasteiger partial charge in [0.15, 0.2) is 6.04 Å². The van der Waals surface area contributed by atoms with Crippen LogP contribution in [-0.4, -0.2) is 47.7 Å². The molecule has 0 fully saturated rings. The maximum absolute atomic E-state index is 12.5. The fourth-order valence-electron chi connectivity index (χ4n) is 1.93. The molecule has 0 saturated heterocycles. The molecule has 5 nitrogen and oxygen atoms in total. The maximum atomic E-state index is 12.5. The van der Waals surface area contributed by atoms with Crippen LogP contribution in [0.4, 0.5) is 0 Å². The minimum atomic E-state index is -0.956. The highest BCUT2D eigenvalue weighted by Gasteiger charge is 2.30. The van der Waals surface area contributed by atoms with Crippen LogP contribution in [-0.2, 0) is 9.53 Å². The number of hydrogen-bond acceptors (Lipinski definition) is 4. The molecule has 0 radical (unpaired) electrons. The predicted molar refractivity (Wildman–Crippen MR) is 75.3 cm³/mol. The number of carbonyl (C=O) groups excluding carboxylic acids is 2. The molecule has 1 amide bonds. The van der Waals surface area contributed by atoms with Crippen LogP contribution in [0.2, 0.25) is 0 Å². The molecular weight excluding hydrogens is 258 g/mol. The van der Waals surface area contributed by atoms with Crippen molar-refractivity contribution in [3.63, 3.8) is 0 Å². The zero-order valence-corrected chi connectivity index (χ0v) is 11.9. The fraction of sp³-hybridized carbons (Fsp3) is 0.467. The van der Waals surface area contributed by atoms with E-state index in [4.69, 9.17) is 4.74 Å². The third-order valence-electron chi connectivity index (χ3n) is 2.85. The normalized spacial score (nSPS) is 11.8. The molecule has 1 aromatic carbocycles. The van der Waals surface area contributed by atoms with Crippen molar-refractivity contribution in [3.05, 3.63) is 35.9 Å². The van der Waals surface area contributed by atoms with E-state index in [0.717, 1.165) is 0 Å². The lowest BCUT2D eigenvalue weighted by atomic mass is 10.1. The summed E-state index contributed by atoms with van der Waals surface area (Å²) < 4.78 is 4.92. The van der Waals surface area contributed by atoms with Gasteiger partial charge in [0.05, 0.1) is 13.2 Å². The van der Waals surface area contributed by atoms with Gasteiger partial charge in [0.25, 0.3) is 5.91 Å². The van der Waals surface area contributed by atoms with E-state index in [1.54, 1.807) is 31.2 Å². The number of aliphatic hydroxyl groups is 1. The van der Waals surface area contributed by atoms with Gasteiger partial charge in [-0.1, -0.05) is 25.1 Å². The Kier molecular flexibility index (Phi) is 6.73. The summed E-state index contributed by atoms with van der Waals surface area (Å²) in [6.07, 6.45) is 0.689. The monoisotopic (exact) mass is 279 g/mol. The summed E-state index contributed by atoms with van der Waals surface area (Å²) in [5.74, 6) is -0.854. The molecule has 0 aliphatic heterocycles. The summed E-state index contributed by atoms with van der Waals surface area (Å²) in [7, 11) is 0. The Morgan fingerprint density at radius 3 is 2.40 bits per heavy atom. The smallest absolute Gasteiger partial charge is 0.331 e. The Morgan fingerprint density at radius 1 is 1.25 bits per heavy atom. The minimum absolute atomic E-state index is 0.217. The molecular formula is C15H21NO4. The second kappa shape index (κ2) is 8.32. The van der Waals surface area contributed by atoms with Crippen molar-refractivity contribution in [3.8, 4) is 0 Å². The van der Waals surface area contributed by atoms with Gasteiger partial charge in [-0.3, -0.25) is 4.79 Å². The average molecular weight is 279 g/mol. The van der Waals surface area contributed by atoms with Gasteiger partial charge in [-0.2, -0.15) is 0 Å². The average Bonchev–Trinajstić information content (AvgIpc) is 2.47. The van der Waals surface area contributed by atoms with Crippen LogP contribution in [0.1, 0.15) is 30.6 Å². The second-order valence-electron chi connectivity index (χ2n) is 4.31. The Morgan fingerprint density at radius 2 is 1.90 bits per heavy atom. The van der Waals surface area contributed by atoms with Crippen LogP contribution in [0.15, 0.2) is 30.3 Å². The van der Waals surface area contributed by atoms with Crippen molar-refractivity contribution >= 4 is 11.9 Å². The number of amides is 1. The van der Waals surface area contributed by atoms with E-state index in [1.807, 2.05) is 13.0 Å². The van der Waals surface area contributed by atoms with Crippen LogP contribution in [0.25, 0.3) is 0 Å². The number of nitrogens with zero attached hydrogens (tertiary/aromatic N) is 1. The third kappa shape index (κ3) is 4.06. The number of aliphatic hydroxyl groups excluding tert-OH is 1. The number of hydrogen-bond donors (Lipinski definition) is 1. The Hall–Kier alpha value is -1.88. The first-order valence-corrected chi connectivity index (χ1v) is 6.79. The minimum Gasteiger partial charge on any atom is -0.464 e.